The summed E-state index contributed by atoms with van der Waals surface area (Å²) < 4.78 is 4.23. The third-order valence-corrected chi connectivity index (χ3v) is 2.39. The van der Waals surface area contributed by atoms with Crippen molar-refractivity contribution in [1.29, 1.82) is 0 Å². The Morgan fingerprint density at radius 3 is 2.60 bits per heavy atom. The number of benzene rings is 1. The van der Waals surface area contributed by atoms with E-state index in [1.165, 1.54) is 6.07 Å². The minimum atomic E-state index is -0.994. The van der Waals surface area contributed by atoms with Gasteiger partial charge in [-0.1, -0.05) is 29.3 Å². The second-order valence-corrected chi connectivity index (χ2v) is 3.33. The summed E-state index contributed by atoms with van der Waals surface area (Å²) >= 11 is 11.5. The van der Waals surface area contributed by atoms with E-state index in [1.807, 2.05) is 0 Å². The van der Waals surface area contributed by atoms with Crippen molar-refractivity contribution in [3.05, 3.63) is 28.2 Å². The third kappa shape index (κ3) is 2.84. The molecule has 0 aliphatic heterocycles. The highest BCUT2D eigenvalue weighted by Crippen LogP contribution is 2.29. The number of anilines is 1. The van der Waals surface area contributed by atoms with Gasteiger partial charge < -0.3 is 10.1 Å². The van der Waals surface area contributed by atoms with E-state index in [1.54, 1.807) is 12.1 Å². The van der Waals surface area contributed by atoms with Crippen molar-refractivity contribution in [3.63, 3.8) is 0 Å². The van der Waals surface area contributed by atoms with Crippen LogP contribution in [0, 0.1) is 0 Å². The first-order valence-electron chi connectivity index (χ1n) is 3.89. The Hall–Kier alpha value is -1.26. The van der Waals surface area contributed by atoms with Gasteiger partial charge in [0.2, 0.25) is 0 Å². The Bertz CT molecular complexity index is 406. The predicted molar refractivity (Wildman–Crippen MR) is 57.1 cm³/mol. The van der Waals surface area contributed by atoms with Crippen LogP contribution in [0.5, 0.6) is 0 Å². The van der Waals surface area contributed by atoms with Gasteiger partial charge in [0, 0.05) is 0 Å². The fraction of sp³-hybridized carbons (Fsp3) is 0.111. The lowest BCUT2D eigenvalue weighted by Gasteiger charge is -2.06. The first-order chi connectivity index (χ1) is 7.06. The van der Waals surface area contributed by atoms with Crippen LogP contribution in [0.4, 0.5) is 5.69 Å². The quantitative estimate of drug-likeness (QED) is 0.611. The molecule has 4 nitrogen and oxygen atoms in total. The van der Waals surface area contributed by atoms with Gasteiger partial charge in [-0.3, -0.25) is 4.79 Å². The number of halogens is 2. The first-order valence-corrected chi connectivity index (χ1v) is 4.65. The number of hydrogen-bond acceptors (Lipinski definition) is 3. The fourth-order valence-electron chi connectivity index (χ4n) is 0.866. The molecule has 1 aromatic rings. The van der Waals surface area contributed by atoms with Crippen LogP contribution in [0.25, 0.3) is 0 Å². The molecule has 1 aromatic carbocycles. The summed E-state index contributed by atoms with van der Waals surface area (Å²) in [6, 6.07) is 4.69. The number of esters is 1. The Kier molecular flexibility index (Phi) is 3.94. The molecule has 0 atom stereocenters. The molecule has 6 heteroatoms. The minimum Gasteiger partial charge on any atom is -0.462 e. The van der Waals surface area contributed by atoms with E-state index in [0.29, 0.717) is 5.02 Å². The van der Waals surface area contributed by atoms with Crippen molar-refractivity contribution in [2.24, 2.45) is 0 Å². The summed E-state index contributed by atoms with van der Waals surface area (Å²) in [6.07, 6.45) is 0. The third-order valence-electron chi connectivity index (χ3n) is 1.57. The maximum Gasteiger partial charge on any atom is 0.396 e. The molecule has 1 rings (SSSR count). The second-order valence-electron chi connectivity index (χ2n) is 2.55. The number of ether oxygens (including phenoxy) is 1. The van der Waals surface area contributed by atoms with Gasteiger partial charge in [0.05, 0.1) is 22.8 Å². The smallest absolute Gasteiger partial charge is 0.396 e. The van der Waals surface area contributed by atoms with Gasteiger partial charge >= 0.3 is 11.9 Å². The lowest BCUT2D eigenvalue weighted by Crippen LogP contribution is -2.23. The Labute approximate surface area is 96.1 Å². The zero-order chi connectivity index (χ0) is 11.4. The molecule has 0 saturated heterocycles. The highest BCUT2D eigenvalue weighted by Gasteiger charge is 2.15. The molecule has 80 valence electrons. The van der Waals surface area contributed by atoms with Crippen molar-refractivity contribution in [2.75, 3.05) is 12.4 Å². The van der Waals surface area contributed by atoms with Crippen molar-refractivity contribution in [1.82, 2.24) is 0 Å². The van der Waals surface area contributed by atoms with E-state index in [2.05, 4.69) is 10.1 Å². The first kappa shape index (κ1) is 11.8. The number of nitrogens with one attached hydrogen (secondary N) is 1. The number of rotatable bonds is 1. The largest absolute Gasteiger partial charge is 0.462 e. The standard InChI is InChI=1S/C9H7Cl2NO3/c1-15-9(14)8(13)12-6-4-2-3-5(10)7(6)11/h2-4H,1H3,(H,12,13). The maximum absolute atomic E-state index is 11.1. The predicted octanol–water partition coefficient (Wildman–Crippen LogP) is 2.10. The van der Waals surface area contributed by atoms with Gasteiger partial charge in [-0.15, -0.1) is 0 Å². The Morgan fingerprint density at radius 2 is 2.00 bits per heavy atom. The van der Waals surface area contributed by atoms with Crippen molar-refractivity contribution >= 4 is 40.8 Å². The van der Waals surface area contributed by atoms with Crippen LogP contribution in [-0.2, 0) is 14.3 Å². The van der Waals surface area contributed by atoms with E-state index in [0.717, 1.165) is 7.11 Å². The highest BCUT2D eigenvalue weighted by atomic mass is 35.5. The molecule has 0 radical (unpaired) electrons. The summed E-state index contributed by atoms with van der Waals surface area (Å²) in [5.41, 5.74) is 0.263. The SMILES string of the molecule is COC(=O)C(=O)Nc1cccc(Cl)c1Cl. The van der Waals surface area contributed by atoms with Crippen LogP contribution in [0.2, 0.25) is 10.0 Å². The van der Waals surface area contributed by atoms with Crippen molar-refractivity contribution in [3.8, 4) is 0 Å². The van der Waals surface area contributed by atoms with Crippen molar-refractivity contribution < 1.29 is 14.3 Å². The molecule has 15 heavy (non-hydrogen) atoms. The van der Waals surface area contributed by atoms with Gasteiger partial charge in [-0.2, -0.15) is 0 Å². The van der Waals surface area contributed by atoms with Crippen LogP contribution < -0.4 is 5.32 Å². The summed E-state index contributed by atoms with van der Waals surface area (Å²) in [4.78, 5) is 21.9. The van der Waals surface area contributed by atoms with Gasteiger partial charge in [0.15, 0.2) is 0 Å². The van der Waals surface area contributed by atoms with Crippen LogP contribution in [-0.4, -0.2) is 19.0 Å². The van der Waals surface area contributed by atoms with E-state index >= 15 is 0 Å². The lowest BCUT2D eigenvalue weighted by atomic mass is 10.3. The molecule has 1 amide bonds. The Balaban J connectivity index is 2.86. The van der Waals surface area contributed by atoms with Crippen LogP contribution in [0.1, 0.15) is 0 Å². The topological polar surface area (TPSA) is 55.4 Å². The molecular formula is C9H7Cl2NO3. The minimum absolute atomic E-state index is 0.177. The van der Waals surface area contributed by atoms with Crippen molar-refractivity contribution in [2.45, 2.75) is 0 Å². The molecular weight excluding hydrogens is 241 g/mol. The molecule has 0 heterocycles. The molecule has 0 aliphatic carbocycles. The number of methoxy groups -OCH3 is 1. The van der Waals surface area contributed by atoms with E-state index in [-0.39, 0.29) is 10.7 Å². The van der Waals surface area contributed by atoms with E-state index in [4.69, 9.17) is 23.2 Å². The summed E-state index contributed by atoms with van der Waals surface area (Å²) in [6.45, 7) is 0. The molecule has 0 fully saturated rings. The monoisotopic (exact) mass is 247 g/mol. The highest BCUT2D eigenvalue weighted by molar-refractivity contribution is 6.45. The van der Waals surface area contributed by atoms with E-state index < -0.39 is 11.9 Å². The number of carbonyl (C=O) groups excluding carboxylic acids is 2. The summed E-state index contributed by atoms with van der Waals surface area (Å²) in [5.74, 6) is -1.90. The normalized spacial score (nSPS) is 9.53. The van der Waals surface area contributed by atoms with E-state index in [9.17, 15) is 9.59 Å². The van der Waals surface area contributed by atoms with Crippen LogP contribution >= 0.6 is 23.2 Å². The average molecular weight is 248 g/mol. The molecule has 0 aromatic heterocycles. The molecule has 0 spiro atoms. The number of amides is 1. The summed E-state index contributed by atoms with van der Waals surface area (Å²) in [5, 5.41) is 2.74. The van der Waals surface area contributed by atoms with Gasteiger partial charge in [-0.25, -0.2) is 4.79 Å². The van der Waals surface area contributed by atoms with Gasteiger partial charge in [0.25, 0.3) is 0 Å². The average Bonchev–Trinajstić information content (AvgIpc) is 2.23. The zero-order valence-electron chi connectivity index (χ0n) is 7.71. The van der Waals surface area contributed by atoms with Gasteiger partial charge in [0.1, 0.15) is 0 Å². The molecule has 0 bridgehead atoms. The lowest BCUT2D eigenvalue weighted by molar-refractivity contribution is -0.150. The Morgan fingerprint density at radius 1 is 1.33 bits per heavy atom. The number of hydrogen-bond donors (Lipinski definition) is 1. The second kappa shape index (κ2) is 5.00. The van der Waals surface area contributed by atoms with Gasteiger partial charge in [-0.05, 0) is 12.1 Å². The summed E-state index contributed by atoms with van der Waals surface area (Å²) in [7, 11) is 1.11. The molecule has 1 N–H and O–H groups in total. The molecule has 0 saturated carbocycles. The fourth-order valence-corrected chi connectivity index (χ4v) is 1.21. The molecule has 0 unspecified atom stereocenters. The van der Waals surface area contributed by atoms with Crippen LogP contribution in [0.15, 0.2) is 18.2 Å². The maximum atomic E-state index is 11.1. The molecule has 0 aliphatic rings. The zero-order valence-corrected chi connectivity index (χ0v) is 9.22. The number of carbonyl (C=O) groups is 2. The van der Waals surface area contributed by atoms with Crippen LogP contribution in [0.3, 0.4) is 0 Å².